The Kier molecular flexibility index (Phi) is 1.38. The summed E-state index contributed by atoms with van der Waals surface area (Å²) in [6, 6.07) is 0. The van der Waals surface area contributed by atoms with Crippen LogP contribution < -0.4 is 10.6 Å². The molecule has 1 N–H and O–H groups in total. The average molecular weight is 135 g/mol. The molecular weight excluding hydrogens is 124 g/mol. The maximum absolute atomic E-state index is 4.38. The Morgan fingerprint density at radius 3 is 3.40 bits per heavy atom. The van der Waals surface area contributed by atoms with Crippen LogP contribution in [0.3, 0.4) is 0 Å². The lowest BCUT2D eigenvalue weighted by Crippen LogP contribution is -2.23. The highest BCUT2D eigenvalue weighted by Gasteiger charge is 2.12. The van der Waals surface area contributed by atoms with Gasteiger partial charge in [0.25, 0.3) is 0 Å². The van der Waals surface area contributed by atoms with E-state index in [1.165, 1.54) is 11.3 Å². The molecular formula is C8H11N2. The molecule has 0 aromatic heterocycles. The van der Waals surface area contributed by atoms with Crippen molar-refractivity contribution in [1.82, 2.24) is 10.6 Å². The van der Waals surface area contributed by atoms with Gasteiger partial charge in [-0.15, -0.1) is 0 Å². The normalized spacial score (nSPS) is 23.2. The van der Waals surface area contributed by atoms with Gasteiger partial charge in [0.1, 0.15) is 0 Å². The van der Waals surface area contributed by atoms with E-state index < -0.39 is 0 Å². The third-order valence-electron chi connectivity index (χ3n) is 1.91. The van der Waals surface area contributed by atoms with Crippen molar-refractivity contribution in [2.24, 2.45) is 0 Å². The molecule has 0 spiro atoms. The Labute approximate surface area is 61.0 Å². The zero-order valence-electron chi connectivity index (χ0n) is 5.93. The van der Waals surface area contributed by atoms with Crippen LogP contribution in [0.5, 0.6) is 0 Å². The Hall–Kier alpha value is -0.920. The van der Waals surface area contributed by atoms with E-state index in [1.807, 2.05) is 6.20 Å². The Morgan fingerprint density at radius 2 is 2.50 bits per heavy atom. The molecule has 2 nitrogen and oxygen atoms in total. The topological polar surface area (TPSA) is 26.1 Å². The van der Waals surface area contributed by atoms with Gasteiger partial charge >= 0.3 is 0 Å². The first kappa shape index (κ1) is 5.83. The molecule has 0 atom stereocenters. The molecule has 2 heteroatoms. The van der Waals surface area contributed by atoms with Gasteiger partial charge in [-0.1, -0.05) is 6.08 Å². The van der Waals surface area contributed by atoms with Crippen molar-refractivity contribution in [3.05, 3.63) is 23.5 Å². The molecule has 0 amide bonds. The van der Waals surface area contributed by atoms with Gasteiger partial charge in [0.2, 0.25) is 0 Å². The van der Waals surface area contributed by atoms with Crippen LogP contribution in [0.2, 0.25) is 0 Å². The highest BCUT2D eigenvalue weighted by atomic mass is 14.9. The van der Waals surface area contributed by atoms with E-state index >= 15 is 0 Å². The standard InChI is InChI=1S/C8H11N2/c1-2-7-3-5-9-6-8(7)10-4-1/h2,6,9H,1,3-5H2. The van der Waals surface area contributed by atoms with Crippen LogP contribution in [0.25, 0.3) is 0 Å². The van der Waals surface area contributed by atoms with Crippen LogP contribution in [0.4, 0.5) is 0 Å². The fourth-order valence-corrected chi connectivity index (χ4v) is 1.37. The van der Waals surface area contributed by atoms with Crippen LogP contribution in [0.15, 0.2) is 23.5 Å². The van der Waals surface area contributed by atoms with Gasteiger partial charge < -0.3 is 5.32 Å². The second-order valence-electron chi connectivity index (χ2n) is 2.63. The highest BCUT2D eigenvalue weighted by Crippen LogP contribution is 2.18. The van der Waals surface area contributed by atoms with Gasteiger partial charge in [-0.2, -0.15) is 0 Å². The fraction of sp³-hybridized carbons (Fsp3) is 0.500. The molecule has 2 heterocycles. The van der Waals surface area contributed by atoms with Crippen LogP contribution in [0.1, 0.15) is 12.8 Å². The van der Waals surface area contributed by atoms with Gasteiger partial charge in [0, 0.05) is 19.3 Å². The van der Waals surface area contributed by atoms with Crippen LogP contribution in [0, 0.1) is 0 Å². The monoisotopic (exact) mass is 135 g/mol. The van der Waals surface area contributed by atoms with Gasteiger partial charge in [-0.3, -0.25) is 5.32 Å². The SMILES string of the molecule is C1=C2CCNC=C2[N]CC1. The summed E-state index contributed by atoms with van der Waals surface area (Å²) in [5, 5.41) is 7.57. The van der Waals surface area contributed by atoms with E-state index in [4.69, 9.17) is 0 Å². The summed E-state index contributed by atoms with van der Waals surface area (Å²) in [5.41, 5.74) is 2.61. The summed E-state index contributed by atoms with van der Waals surface area (Å²) in [6.45, 7) is 2.04. The van der Waals surface area contributed by atoms with Crippen molar-refractivity contribution in [2.45, 2.75) is 12.8 Å². The minimum Gasteiger partial charge on any atom is -0.389 e. The number of allylic oxidation sites excluding steroid dienone is 1. The lowest BCUT2D eigenvalue weighted by atomic mass is 10.0. The van der Waals surface area contributed by atoms with E-state index in [-0.39, 0.29) is 0 Å². The summed E-state index contributed by atoms with van der Waals surface area (Å²) in [7, 11) is 0. The third kappa shape index (κ3) is 0.897. The van der Waals surface area contributed by atoms with Gasteiger partial charge in [-0.25, -0.2) is 0 Å². The Morgan fingerprint density at radius 1 is 1.50 bits per heavy atom. The molecule has 1 radical (unpaired) electrons. The number of nitrogens with zero attached hydrogens (tertiary/aromatic N) is 1. The molecule has 2 rings (SSSR count). The predicted octanol–water partition coefficient (Wildman–Crippen LogP) is 0.756. The third-order valence-corrected chi connectivity index (χ3v) is 1.91. The second-order valence-corrected chi connectivity index (χ2v) is 2.63. The smallest absolute Gasteiger partial charge is 0.0760 e. The van der Waals surface area contributed by atoms with Crippen molar-refractivity contribution in [2.75, 3.05) is 13.1 Å². The molecule has 2 aliphatic rings. The first-order chi connectivity index (χ1) is 4.97. The molecule has 0 fully saturated rings. The lowest BCUT2D eigenvalue weighted by molar-refractivity contribution is 0.681. The van der Waals surface area contributed by atoms with Crippen LogP contribution in [-0.2, 0) is 0 Å². The Bertz CT molecular complexity index is 169. The average Bonchev–Trinajstić information content (AvgIpc) is 2.05. The van der Waals surface area contributed by atoms with Crippen molar-refractivity contribution >= 4 is 0 Å². The lowest BCUT2D eigenvalue weighted by Gasteiger charge is -2.21. The van der Waals surface area contributed by atoms with E-state index in [9.17, 15) is 0 Å². The fourth-order valence-electron chi connectivity index (χ4n) is 1.37. The highest BCUT2D eigenvalue weighted by molar-refractivity contribution is 5.33. The van der Waals surface area contributed by atoms with Crippen LogP contribution in [-0.4, -0.2) is 13.1 Å². The van der Waals surface area contributed by atoms with Crippen LogP contribution >= 0.6 is 0 Å². The summed E-state index contributed by atoms with van der Waals surface area (Å²) >= 11 is 0. The second kappa shape index (κ2) is 2.37. The molecule has 0 bridgehead atoms. The Balaban J connectivity index is 2.25. The van der Waals surface area contributed by atoms with Crippen molar-refractivity contribution in [3.8, 4) is 0 Å². The molecule has 0 unspecified atom stereocenters. The predicted molar refractivity (Wildman–Crippen MR) is 40.4 cm³/mol. The number of hydrogen-bond donors (Lipinski definition) is 1. The summed E-state index contributed by atoms with van der Waals surface area (Å²) in [4.78, 5) is 0. The zero-order chi connectivity index (χ0) is 6.81. The molecule has 2 aliphatic heterocycles. The summed E-state index contributed by atoms with van der Waals surface area (Å²) < 4.78 is 0. The first-order valence-corrected chi connectivity index (χ1v) is 3.77. The van der Waals surface area contributed by atoms with Gasteiger partial charge in [-0.05, 0) is 18.4 Å². The van der Waals surface area contributed by atoms with E-state index in [0.29, 0.717) is 0 Å². The molecule has 10 heavy (non-hydrogen) atoms. The molecule has 0 aromatic rings. The van der Waals surface area contributed by atoms with Crippen molar-refractivity contribution < 1.29 is 0 Å². The minimum atomic E-state index is 0.969. The number of fused-ring (bicyclic) bond motifs is 1. The molecule has 0 saturated heterocycles. The maximum atomic E-state index is 4.38. The number of hydrogen-bond acceptors (Lipinski definition) is 1. The quantitative estimate of drug-likeness (QED) is 0.521. The first-order valence-electron chi connectivity index (χ1n) is 3.77. The van der Waals surface area contributed by atoms with E-state index in [2.05, 4.69) is 16.7 Å². The number of rotatable bonds is 0. The molecule has 0 aliphatic carbocycles. The molecule has 0 saturated carbocycles. The summed E-state index contributed by atoms with van der Waals surface area (Å²) in [6.07, 6.45) is 6.61. The van der Waals surface area contributed by atoms with Crippen molar-refractivity contribution in [3.63, 3.8) is 0 Å². The van der Waals surface area contributed by atoms with Crippen molar-refractivity contribution in [1.29, 1.82) is 0 Å². The van der Waals surface area contributed by atoms with E-state index in [0.717, 1.165) is 25.9 Å². The zero-order valence-corrected chi connectivity index (χ0v) is 5.93. The molecule has 0 aromatic carbocycles. The van der Waals surface area contributed by atoms with Gasteiger partial charge in [0.15, 0.2) is 0 Å². The number of nitrogens with one attached hydrogen (secondary N) is 1. The summed E-state index contributed by atoms with van der Waals surface area (Å²) in [5.74, 6) is 0. The largest absolute Gasteiger partial charge is 0.389 e. The molecule has 53 valence electrons. The maximum Gasteiger partial charge on any atom is 0.0760 e. The van der Waals surface area contributed by atoms with E-state index in [1.54, 1.807) is 0 Å². The van der Waals surface area contributed by atoms with Gasteiger partial charge in [0.05, 0.1) is 5.70 Å². The minimum absolute atomic E-state index is 0.969.